The van der Waals surface area contributed by atoms with Gasteiger partial charge in [-0.25, -0.2) is 9.97 Å². The largest absolute Gasteiger partial charge is 0.491 e. The average Bonchev–Trinajstić information content (AvgIpc) is 3.25. The molecule has 1 atom stereocenters. The van der Waals surface area contributed by atoms with Crippen LogP contribution in [0.15, 0.2) is 28.8 Å². The molecule has 3 N–H and O–H groups in total. The van der Waals surface area contributed by atoms with Crippen LogP contribution < -0.4 is 10.1 Å². The van der Waals surface area contributed by atoms with Crippen molar-refractivity contribution in [2.75, 3.05) is 25.1 Å². The van der Waals surface area contributed by atoms with Crippen LogP contribution >= 0.6 is 0 Å². The number of rotatable bonds is 10. The minimum absolute atomic E-state index is 0.230. The van der Waals surface area contributed by atoms with Crippen molar-refractivity contribution in [1.82, 2.24) is 15.1 Å². The van der Waals surface area contributed by atoms with E-state index in [2.05, 4.69) is 10.5 Å². The second-order valence-electron chi connectivity index (χ2n) is 8.90. The predicted molar refractivity (Wildman–Crippen MR) is 132 cm³/mol. The van der Waals surface area contributed by atoms with Gasteiger partial charge in [-0.05, 0) is 45.2 Å². The normalized spacial score (nSPS) is 15.2. The van der Waals surface area contributed by atoms with Crippen molar-refractivity contribution in [3.63, 3.8) is 0 Å². The molecule has 188 valence electrons. The number of nitrogens with one attached hydrogen (secondary N) is 1. The number of hydrogen-bond donors (Lipinski definition) is 3. The third-order valence-corrected chi connectivity index (χ3v) is 6.18. The Labute approximate surface area is 205 Å². The van der Waals surface area contributed by atoms with Crippen LogP contribution in [0.3, 0.4) is 0 Å². The maximum atomic E-state index is 10.0. The fraction of sp³-hybridized carbons (Fsp3) is 0.500. The number of nitrogens with zero attached hydrogens (tertiary/aromatic N) is 3. The summed E-state index contributed by atoms with van der Waals surface area (Å²) in [4.78, 5) is 9.76. The lowest BCUT2D eigenvalue weighted by Crippen LogP contribution is -2.28. The second kappa shape index (κ2) is 11.6. The summed E-state index contributed by atoms with van der Waals surface area (Å²) in [6, 6.07) is 7.78. The molecule has 3 heterocycles. The van der Waals surface area contributed by atoms with Gasteiger partial charge in [-0.2, -0.15) is 0 Å². The highest BCUT2D eigenvalue weighted by Gasteiger charge is 2.23. The van der Waals surface area contributed by atoms with Crippen molar-refractivity contribution >= 4 is 5.82 Å². The third-order valence-electron chi connectivity index (χ3n) is 6.18. The SMILES string of the molecule is CCCC(O)COc1cccc(-c2nc(NC3CCOCC3)c(C)c(-c3c(CO)noc3C)n2)c1. The maximum absolute atomic E-state index is 10.0. The fourth-order valence-corrected chi connectivity index (χ4v) is 4.23. The Kier molecular flexibility index (Phi) is 8.33. The Bertz CT molecular complexity index is 1130. The Morgan fingerprint density at radius 1 is 1.20 bits per heavy atom. The number of benzene rings is 1. The molecule has 2 aromatic heterocycles. The van der Waals surface area contributed by atoms with Crippen molar-refractivity contribution in [1.29, 1.82) is 0 Å². The highest BCUT2D eigenvalue weighted by Crippen LogP contribution is 2.34. The van der Waals surface area contributed by atoms with Gasteiger partial charge in [0.05, 0.1) is 24.0 Å². The fourth-order valence-electron chi connectivity index (χ4n) is 4.23. The molecule has 9 heteroatoms. The molecule has 0 bridgehead atoms. The summed E-state index contributed by atoms with van der Waals surface area (Å²) in [7, 11) is 0. The first-order chi connectivity index (χ1) is 17.0. The molecule has 3 aromatic rings. The van der Waals surface area contributed by atoms with Crippen LogP contribution in [0.2, 0.25) is 0 Å². The molecule has 0 radical (unpaired) electrons. The van der Waals surface area contributed by atoms with Gasteiger partial charge < -0.3 is 29.5 Å². The van der Waals surface area contributed by atoms with Crippen molar-refractivity contribution < 1.29 is 24.2 Å². The monoisotopic (exact) mass is 482 g/mol. The van der Waals surface area contributed by atoms with E-state index < -0.39 is 6.10 Å². The number of aliphatic hydroxyl groups excluding tert-OH is 2. The number of aliphatic hydroxyl groups is 2. The molecule has 0 saturated carbocycles. The van der Waals surface area contributed by atoms with Gasteiger partial charge in [0.15, 0.2) is 5.82 Å². The van der Waals surface area contributed by atoms with E-state index in [9.17, 15) is 10.2 Å². The van der Waals surface area contributed by atoms with Gasteiger partial charge in [0.25, 0.3) is 0 Å². The van der Waals surface area contributed by atoms with Gasteiger partial charge >= 0.3 is 0 Å². The summed E-state index contributed by atoms with van der Waals surface area (Å²) in [6.07, 6.45) is 2.87. The van der Waals surface area contributed by atoms with E-state index in [1.165, 1.54) is 0 Å². The van der Waals surface area contributed by atoms with E-state index in [0.29, 0.717) is 53.9 Å². The zero-order valence-corrected chi connectivity index (χ0v) is 20.6. The van der Waals surface area contributed by atoms with Gasteiger partial charge in [0, 0.05) is 30.4 Å². The maximum Gasteiger partial charge on any atom is 0.162 e. The summed E-state index contributed by atoms with van der Waals surface area (Å²) >= 11 is 0. The molecule has 1 aromatic carbocycles. The minimum Gasteiger partial charge on any atom is -0.491 e. The summed E-state index contributed by atoms with van der Waals surface area (Å²) in [5, 5.41) is 27.5. The van der Waals surface area contributed by atoms with Gasteiger partial charge in [-0.15, -0.1) is 0 Å². The quantitative estimate of drug-likeness (QED) is 0.393. The molecule has 0 amide bonds. The molecule has 9 nitrogen and oxygen atoms in total. The Morgan fingerprint density at radius 3 is 2.74 bits per heavy atom. The lowest BCUT2D eigenvalue weighted by Gasteiger charge is -2.25. The number of aromatic nitrogens is 3. The molecule has 1 saturated heterocycles. The summed E-state index contributed by atoms with van der Waals surface area (Å²) < 4.78 is 16.7. The number of hydrogen-bond acceptors (Lipinski definition) is 9. The first-order valence-corrected chi connectivity index (χ1v) is 12.2. The molecular formula is C26H34N4O5. The lowest BCUT2D eigenvalue weighted by atomic mass is 10.0. The topological polar surface area (TPSA) is 123 Å². The van der Waals surface area contributed by atoms with Crippen molar-refractivity contribution in [3.8, 4) is 28.4 Å². The van der Waals surface area contributed by atoms with Crippen LogP contribution in [0.5, 0.6) is 5.75 Å². The Balaban J connectivity index is 1.73. The Morgan fingerprint density at radius 2 is 2.00 bits per heavy atom. The van der Waals surface area contributed by atoms with Gasteiger partial charge in [0.1, 0.15) is 29.6 Å². The molecule has 1 fully saturated rings. The van der Waals surface area contributed by atoms with E-state index in [0.717, 1.165) is 36.2 Å². The van der Waals surface area contributed by atoms with Crippen LogP contribution in [0, 0.1) is 13.8 Å². The van der Waals surface area contributed by atoms with E-state index in [-0.39, 0.29) is 19.3 Å². The van der Waals surface area contributed by atoms with Crippen LogP contribution in [-0.2, 0) is 11.3 Å². The predicted octanol–water partition coefficient (Wildman–Crippen LogP) is 4.04. The van der Waals surface area contributed by atoms with Crippen molar-refractivity contribution in [2.45, 2.75) is 65.2 Å². The molecule has 35 heavy (non-hydrogen) atoms. The van der Waals surface area contributed by atoms with E-state index >= 15 is 0 Å². The van der Waals surface area contributed by atoms with Gasteiger partial charge in [-0.1, -0.05) is 30.6 Å². The number of anilines is 1. The molecule has 1 unspecified atom stereocenters. The first kappa shape index (κ1) is 25.1. The molecule has 1 aliphatic rings. The lowest BCUT2D eigenvalue weighted by molar-refractivity contribution is 0.0904. The summed E-state index contributed by atoms with van der Waals surface area (Å²) in [6.45, 7) is 7.20. The molecule has 4 rings (SSSR count). The smallest absolute Gasteiger partial charge is 0.162 e. The first-order valence-electron chi connectivity index (χ1n) is 12.2. The van der Waals surface area contributed by atoms with Gasteiger partial charge in [-0.3, -0.25) is 0 Å². The molecular weight excluding hydrogens is 448 g/mol. The number of aryl methyl sites for hydroxylation is 1. The molecule has 0 aliphatic carbocycles. The van der Waals surface area contributed by atoms with Crippen LogP contribution in [0.4, 0.5) is 5.82 Å². The Hall–Kier alpha value is -3.01. The highest BCUT2D eigenvalue weighted by molar-refractivity contribution is 5.74. The van der Waals surface area contributed by atoms with E-state index in [1.807, 2.05) is 45.0 Å². The summed E-state index contributed by atoms with van der Waals surface area (Å²) in [5.41, 5.74) is 3.42. The minimum atomic E-state index is -0.505. The third kappa shape index (κ3) is 5.98. The van der Waals surface area contributed by atoms with Crippen molar-refractivity contribution in [3.05, 3.63) is 41.3 Å². The second-order valence-corrected chi connectivity index (χ2v) is 8.90. The zero-order chi connectivity index (χ0) is 24.8. The van der Waals surface area contributed by atoms with Crippen LogP contribution in [0.1, 0.15) is 49.6 Å². The average molecular weight is 483 g/mol. The van der Waals surface area contributed by atoms with Crippen molar-refractivity contribution in [2.24, 2.45) is 0 Å². The van der Waals surface area contributed by atoms with Gasteiger partial charge in [0.2, 0.25) is 0 Å². The molecule has 0 spiro atoms. The van der Waals surface area contributed by atoms with E-state index in [1.54, 1.807) is 0 Å². The summed E-state index contributed by atoms with van der Waals surface area (Å²) in [5.74, 6) is 2.47. The molecule has 1 aliphatic heterocycles. The number of ether oxygens (including phenoxy) is 2. The van der Waals surface area contributed by atoms with Crippen LogP contribution in [-0.4, -0.2) is 57.3 Å². The highest BCUT2D eigenvalue weighted by atomic mass is 16.5. The standard InChI is InChI=1S/C26H34N4O5/c1-4-6-20(32)15-34-21-8-5-7-18(13-21)26-28-24(23-17(3)35-30-22(23)14-31)16(2)25(29-26)27-19-9-11-33-12-10-19/h5,7-8,13,19-20,31-32H,4,6,9-12,14-15H2,1-3H3,(H,27,28,29). The zero-order valence-electron chi connectivity index (χ0n) is 20.6. The van der Waals surface area contributed by atoms with Crippen LogP contribution in [0.25, 0.3) is 22.6 Å². The van der Waals surface area contributed by atoms with E-state index in [4.69, 9.17) is 24.0 Å².